The summed E-state index contributed by atoms with van der Waals surface area (Å²) in [5, 5.41) is 0.448. The van der Waals surface area contributed by atoms with Gasteiger partial charge in [-0.05, 0) is 42.5 Å². The van der Waals surface area contributed by atoms with E-state index in [9.17, 15) is 8.78 Å². The minimum atomic E-state index is -0.378. The second-order valence-electron chi connectivity index (χ2n) is 3.48. The van der Waals surface area contributed by atoms with Gasteiger partial charge in [-0.15, -0.1) is 0 Å². The first kappa shape index (κ1) is 11.9. The smallest absolute Gasteiger partial charge is 0.129 e. The van der Waals surface area contributed by atoms with Crippen LogP contribution in [0.15, 0.2) is 42.5 Å². The van der Waals surface area contributed by atoms with Gasteiger partial charge in [-0.1, -0.05) is 11.6 Å². The van der Waals surface area contributed by atoms with Crippen molar-refractivity contribution in [2.45, 2.75) is 6.61 Å². The van der Waals surface area contributed by atoms with Gasteiger partial charge in [0.1, 0.15) is 24.0 Å². The van der Waals surface area contributed by atoms with Crippen molar-refractivity contribution in [3.05, 3.63) is 64.7 Å². The van der Waals surface area contributed by atoms with E-state index in [1.807, 2.05) is 0 Å². The molecule has 0 spiro atoms. The fourth-order valence-corrected chi connectivity index (χ4v) is 1.54. The van der Waals surface area contributed by atoms with Gasteiger partial charge in [0.15, 0.2) is 0 Å². The van der Waals surface area contributed by atoms with Gasteiger partial charge in [-0.25, -0.2) is 8.78 Å². The second kappa shape index (κ2) is 5.15. The molecule has 0 heterocycles. The summed E-state index contributed by atoms with van der Waals surface area (Å²) in [7, 11) is 0. The van der Waals surface area contributed by atoms with Crippen LogP contribution < -0.4 is 4.74 Å². The SMILES string of the molecule is Fc1ccc(OCc2cc(Cl)ccc2F)cc1. The molecule has 0 saturated carbocycles. The fourth-order valence-electron chi connectivity index (χ4n) is 1.35. The third-order valence-corrected chi connectivity index (χ3v) is 2.45. The van der Waals surface area contributed by atoms with E-state index < -0.39 is 0 Å². The van der Waals surface area contributed by atoms with Crippen LogP contribution in [0.25, 0.3) is 0 Å². The molecule has 2 aromatic carbocycles. The van der Waals surface area contributed by atoms with Crippen LogP contribution in [0.4, 0.5) is 8.78 Å². The van der Waals surface area contributed by atoms with Crippen molar-refractivity contribution in [1.82, 2.24) is 0 Å². The molecule has 0 aliphatic heterocycles. The molecule has 0 amide bonds. The molecule has 0 fully saturated rings. The van der Waals surface area contributed by atoms with Crippen molar-refractivity contribution in [2.75, 3.05) is 0 Å². The van der Waals surface area contributed by atoms with Crippen LogP contribution in [0.1, 0.15) is 5.56 Å². The number of ether oxygens (including phenoxy) is 1. The molecule has 4 heteroatoms. The number of rotatable bonds is 3. The molecule has 0 aromatic heterocycles. The molecule has 0 radical (unpaired) electrons. The lowest BCUT2D eigenvalue weighted by Crippen LogP contribution is -1.98. The molecule has 1 nitrogen and oxygen atoms in total. The Hall–Kier alpha value is -1.61. The van der Waals surface area contributed by atoms with E-state index in [1.165, 1.54) is 42.5 Å². The topological polar surface area (TPSA) is 9.23 Å². The highest BCUT2D eigenvalue weighted by Crippen LogP contribution is 2.18. The van der Waals surface area contributed by atoms with Crippen molar-refractivity contribution in [2.24, 2.45) is 0 Å². The Morgan fingerprint density at radius 3 is 2.41 bits per heavy atom. The zero-order valence-corrected chi connectivity index (χ0v) is 9.55. The molecular weight excluding hydrogens is 246 g/mol. The molecule has 88 valence electrons. The Morgan fingerprint density at radius 1 is 1.00 bits per heavy atom. The molecular formula is C13H9ClF2O. The number of hydrogen-bond donors (Lipinski definition) is 0. The van der Waals surface area contributed by atoms with Gasteiger partial charge in [-0.3, -0.25) is 0 Å². The van der Waals surface area contributed by atoms with Crippen molar-refractivity contribution in [3.63, 3.8) is 0 Å². The first-order chi connectivity index (χ1) is 8.15. The van der Waals surface area contributed by atoms with Gasteiger partial charge in [0.2, 0.25) is 0 Å². The van der Waals surface area contributed by atoms with Crippen molar-refractivity contribution in [1.29, 1.82) is 0 Å². The quantitative estimate of drug-likeness (QED) is 0.798. The minimum absolute atomic E-state index is 0.0536. The maximum Gasteiger partial charge on any atom is 0.129 e. The summed E-state index contributed by atoms with van der Waals surface area (Å²) in [6.45, 7) is 0.0536. The Labute approximate surface area is 103 Å². The number of halogens is 3. The molecule has 17 heavy (non-hydrogen) atoms. The van der Waals surface area contributed by atoms with E-state index >= 15 is 0 Å². The highest BCUT2D eigenvalue weighted by molar-refractivity contribution is 6.30. The predicted molar refractivity (Wildman–Crippen MR) is 62.1 cm³/mol. The lowest BCUT2D eigenvalue weighted by Gasteiger charge is -2.07. The average Bonchev–Trinajstić information content (AvgIpc) is 2.32. The van der Waals surface area contributed by atoms with E-state index in [0.29, 0.717) is 16.3 Å². The maximum absolute atomic E-state index is 13.3. The van der Waals surface area contributed by atoms with Gasteiger partial charge in [-0.2, -0.15) is 0 Å². The highest BCUT2D eigenvalue weighted by atomic mass is 35.5. The van der Waals surface area contributed by atoms with Crippen LogP contribution in [0.3, 0.4) is 0 Å². The third kappa shape index (κ3) is 3.17. The molecule has 0 aliphatic rings. The minimum Gasteiger partial charge on any atom is -0.489 e. The van der Waals surface area contributed by atoms with Crippen LogP contribution >= 0.6 is 11.6 Å². The average molecular weight is 255 g/mol. The molecule has 0 bridgehead atoms. The first-order valence-corrected chi connectivity index (χ1v) is 5.35. The van der Waals surface area contributed by atoms with Gasteiger partial charge >= 0.3 is 0 Å². The van der Waals surface area contributed by atoms with Crippen LogP contribution in [0.2, 0.25) is 5.02 Å². The van der Waals surface area contributed by atoms with Gasteiger partial charge in [0.05, 0.1) is 0 Å². The third-order valence-electron chi connectivity index (χ3n) is 2.22. The van der Waals surface area contributed by atoms with Crippen LogP contribution in [-0.4, -0.2) is 0 Å². The largest absolute Gasteiger partial charge is 0.489 e. The molecule has 0 aliphatic carbocycles. The highest BCUT2D eigenvalue weighted by Gasteiger charge is 2.04. The molecule has 0 unspecified atom stereocenters. The zero-order valence-electron chi connectivity index (χ0n) is 8.79. The van der Waals surface area contributed by atoms with E-state index in [1.54, 1.807) is 0 Å². The molecule has 0 N–H and O–H groups in total. The standard InChI is InChI=1S/C13H9ClF2O/c14-10-1-6-13(16)9(7-10)8-17-12-4-2-11(15)3-5-12/h1-7H,8H2. The summed E-state index contributed by atoms with van der Waals surface area (Å²) < 4.78 is 31.3. The zero-order chi connectivity index (χ0) is 12.3. The van der Waals surface area contributed by atoms with Crippen molar-refractivity contribution < 1.29 is 13.5 Å². The van der Waals surface area contributed by atoms with E-state index in [0.717, 1.165) is 0 Å². The summed E-state index contributed by atoms with van der Waals surface area (Å²) in [6.07, 6.45) is 0. The Balaban J connectivity index is 2.07. The number of benzene rings is 2. The second-order valence-corrected chi connectivity index (χ2v) is 3.91. The van der Waals surface area contributed by atoms with Crippen LogP contribution in [-0.2, 0) is 6.61 Å². The van der Waals surface area contributed by atoms with E-state index in [2.05, 4.69) is 0 Å². The summed E-state index contributed by atoms with van der Waals surface area (Å²) in [5.74, 6) is -0.242. The molecule has 2 aromatic rings. The molecule has 0 saturated heterocycles. The summed E-state index contributed by atoms with van der Waals surface area (Å²) in [4.78, 5) is 0. The summed E-state index contributed by atoms with van der Waals surface area (Å²) >= 11 is 5.75. The first-order valence-electron chi connectivity index (χ1n) is 4.97. The van der Waals surface area contributed by atoms with E-state index in [-0.39, 0.29) is 18.2 Å². The van der Waals surface area contributed by atoms with Crippen molar-refractivity contribution >= 4 is 11.6 Å². The van der Waals surface area contributed by atoms with Crippen LogP contribution in [0.5, 0.6) is 5.75 Å². The Bertz CT molecular complexity index is 511. The Morgan fingerprint density at radius 2 is 1.71 bits per heavy atom. The van der Waals surface area contributed by atoms with Gasteiger partial charge in [0.25, 0.3) is 0 Å². The molecule has 0 atom stereocenters. The number of hydrogen-bond acceptors (Lipinski definition) is 1. The monoisotopic (exact) mass is 254 g/mol. The molecule has 2 rings (SSSR count). The van der Waals surface area contributed by atoms with Gasteiger partial charge in [0, 0.05) is 10.6 Å². The normalized spacial score (nSPS) is 10.3. The van der Waals surface area contributed by atoms with Gasteiger partial charge < -0.3 is 4.74 Å². The lowest BCUT2D eigenvalue weighted by atomic mass is 10.2. The van der Waals surface area contributed by atoms with E-state index in [4.69, 9.17) is 16.3 Å². The van der Waals surface area contributed by atoms with Crippen LogP contribution in [0, 0.1) is 11.6 Å². The Kier molecular flexibility index (Phi) is 3.59. The summed E-state index contributed by atoms with van der Waals surface area (Å²) in [6, 6.07) is 9.78. The summed E-state index contributed by atoms with van der Waals surface area (Å²) in [5.41, 5.74) is 0.363. The maximum atomic E-state index is 13.3. The predicted octanol–water partition coefficient (Wildman–Crippen LogP) is 4.20. The lowest BCUT2D eigenvalue weighted by molar-refractivity contribution is 0.299. The van der Waals surface area contributed by atoms with Crippen molar-refractivity contribution in [3.8, 4) is 5.75 Å². The fraction of sp³-hybridized carbons (Fsp3) is 0.0769.